The van der Waals surface area contributed by atoms with Gasteiger partial charge in [-0.1, -0.05) is 30.9 Å². The third kappa shape index (κ3) is 2.89. The Labute approximate surface area is 133 Å². The molecule has 4 heteroatoms. The van der Waals surface area contributed by atoms with Crippen LogP contribution in [0.1, 0.15) is 42.5 Å². The van der Waals surface area contributed by atoms with Crippen molar-refractivity contribution in [3.63, 3.8) is 0 Å². The SMILES string of the molecule is O=C(c1ccc(Cl)cc1Br)N1CCC2CCCCC2C1. The Kier molecular flexibility index (Phi) is 4.37. The van der Waals surface area contributed by atoms with Crippen molar-refractivity contribution in [3.8, 4) is 0 Å². The second-order valence-corrected chi connectivity index (χ2v) is 7.26. The largest absolute Gasteiger partial charge is 0.338 e. The van der Waals surface area contributed by atoms with Crippen LogP contribution in [0.2, 0.25) is 5.02 Å². The van der Waals surface area contributed by atoms with Crippen molar-refractivity contribution >= 4 is 33.4 Å². The van der Waals surface area contributed by atoms with Gasteiger partial charge in [-0.3, -0.25) is 4.79 Å². The van der Waals surface area contributed by atoms with E-state index < -0.39 is 0 Å². The molecule has 0 spiro atoms. The van der Waals surface area contributed by atoms with Crippen LogP contribution in [0.25, 0.3) is 0 Å². The number of likely N-dealkylation sites (tertiary alicyclic amines) is 1. The molecule has 1 aromatic rings. The monoisotopic (exact) mass is 355 g/mol. The minimum atomic E-state index is 0.137. The van der Waals surface area contributed by atoms with Gasteiger partial charge in [0.05, 0.1) is 5.56 Å². The summed E-state index contributed by atoms with van der Waals surface area (Å²) in [4.78, 5) is 14.7. The molecule has 1 aliphatic heterocycles. The van der Waals surface area contributed by atoms with Crippen molar-refractivity contribution in [1.82, 2.24) is 4.90 Å². The lowest BCUT2D eigenvalue weighted by atomic mass is 9.75. The fourth-order valence-electron chi connectivity index (χ4n) is 3.62. The van der Waals surface area contributed by atoms with E-state index in [4.69, 9.17) is 11.6 Å². The van der Waals surface area contributed by atoms with Crippen molar-refractivity contribution in [2.45, 2.75) is 32.1 Å². The number of carbonyl (C=O) groups is 1. The van der Waals surface area contributed by atoms with E-state index in [2.05, 4.69) is 15.9 Å². The van der Waals surface area contributed by atoms with Crippen molar-refractivity contribution in [2.24, 2.45) is 11.8 Å². The first-order chi connectivity index (χ1) is 9.65. The second-order valence-electron chi connectivity index (χ2n) is 5.97. The van der Waals surface area contributed by atoms with E-state index in [1.165, 1.54) is 32.1 Å². The minimum Gasteiger partial charge on any atom is -0.338 e. The average Bonchev–Trinajstić information content (AvgIpc) is 2.46. The molecule has 2 atom stereocenters. The molecule has 1 saturated carbocycles. The fraction of sp³-hybridized carbons (Fsp3) is 0.562. The van der Waals surface area contributed by atoms with Crippen molar-refractivity contribution < 1.29 is 4.79 Å². The summed E-state index contributed by atoms with van der Waals surface area (Å²) < 4.78 is 0.792. The first kappa shape index (κ1) is 14.4. The number of fused-ring (bicyclic) bond motifs is 1. The molecule has 108 valence electrons. The van der Waals surface area contributed by atoms with Crippen molar-refractivity contribution in [3.05, 3.63) is 33.3 Å². The molecular weight excluding hydrogens is 338 g/mol. The van der Waals surface area contributed by atoms with Gasteiger partial charge in [-0.15, -0.1) is 0 Å². The van der Waals surface area contributed by atoms with Gasteiger partial charge >= 0.3 is 0 Å². The Balaban J connectivity index is 1.74. The highest BCUT2D eigenvalue weighted by Crippen LogP contribution is 2.36. The lowest BCUT2D eigenvalue weighted by molar-refractivity contribution is 0.0520. The topological polar surface area (TPSA) is 20.3 Å². The van der Waals surface area contributed by atoms with Crippen molar-refractivity contribution in [1.29, 1.82) is 0 Å². The molecule has 0 N–H and O–H groups in total. The summed E-state index contributed by atoms with van der Waals surface area (Å²) in [5.41, 5.74) is 0.726. The van der Waals surface area contributed by atoms with Crippen LogP contribution in [0, 0.1) is 11.8 Å². The van der Waals surface area contributed by atoms with Gasteiger partial charge in [0, 0.05) is 22.6 Å². The Morgan fingerprint density at radius 2 is 1.95 bits per heavy atom. The molecule has 1 amide bonds. The molecule has 2 unspecified atom stereocenters. The molecule has 0 aromatic heterocycles. The molecule has 1 heterocycles. The fourth-order valence-corrected chi connectivity index (χ4v) is 4.47. The minimum absolute atomic E-state index is 0.137. The van der Waals surface area contributed by atoms with Crippen LogP contribution < -0.4 is 0 Å². The predicted octanol–water partition coefficient (Wildman–Crippen LogP) is 4.75. The van der Waals surface area contributed by atoms with E-state index in [1.807, 2.05) is 11.0 Å². The van der Waals surface area contributed by atoms with Gasteiger partial charge in [0.1, 0.15) is 0 Å². The smallest absolute Gasteiger partial charge is 0.255 e. The normalized spacial score (nSPS) is 26.2. The molecule has 1 aromatic carbocycles. The van der Waals surface area contributed by atoms with E-state index >= 15 is 0 Å². The molecule has 0 bridgehead atoms. The van der Waals surface area contributed by atoms with Crippen LogP contribution in [0.3, 0.4) is 0 Å². The number of rotatable bonds is 1. The van der Waals surface area contributed by atoms with Crippen LogP contribution in [-0.2, 0) is 0 Å². The molecule has 3 rings (SSSR count). The summed E-state index contributed by atoms with van der Waals surface area (Å²) in [6.45, 7) is 1.83. The third-order valence-corrected chi connectivity index (χ3v) is 5.63. The van der Waals surface area contributed by atoms with Crippen LogP contribution >= 0.6 is 27.5 Å². The van der Waals surface area contributed by atoms with Gasteiger partial charge in [0.15, 0.2) is 0 Å². The Morgan fingerprint density at radius 3 is 2.70 bits per heavy atom. The van der Waals surface area contributed by atoms with Gasteiger partial charge < -0.3 is 4.90 Å². The summed E-state index contributed by atoms with van der Waals surface area (Å²) in [5.74, 6) is 1.70. The van der Waals surface area contributed by atoms with E-state index in [1.54, 1.807) is 12.1 Å². The van der Waals surface area contributed by atoms with Gasteiger partial charge in [0.2, 0.25) is 0 Å². The summed E-state index contributed by atoms with van der Waals surface area (Å²) in [7, 11) is 0. The number of hydrogen-bond acceptors (Lipinski definition) is 1. The molecular formula is C16H19BrClNO. The van der Waals surface area contributed by atoms with Gasteiger partial charge in [0.25, 0.3) is 5.91 Å². The highest BCUT2D eigenvalue weighted by molar-refractivity contribution is 9.10. The van der Waals surface area contributed by atoms with E-state index in [9.17, 15) is 4.79 Å². The average molecular weight is 357 g/mol. The number of amides is 1. The van der Waals surface area contributed by atoms with Gasteiger partial charge in [-0.05, 0) is 58.8 Å². The summed E-state index contributed by atoms with van der Waals surface area (Å²) in [6.07, 6.45) is 6.51. The number of carbonyl (C=O) groups excluding carboxylic acids is 1. The molecule has 2 aliphatic rings. The first-order valence-electron chi connectivity index (χ1n) is 7.39. The quantitative estimate of drug-likeness (QED) is 0.710. The molecule has 2 fully saturated rings. The number of benzene rings is 1. The highest BCUT2D eigenvalue weighted by Gasteiger charge is 2.33. The van der Waals surface area contributed by atoms with Crippen LogP contribution in [-0.4, -0.2) is 23.9 Å². The zero-order chi connectivity index (χ0) is 14.1. The highest BCUT2D eigenvalue weighted by atomic mass is 79.9. The van der Waals surface area contributed by atoms with Crippen LogP contribution in [0.5, 0.6) is 0 Å². The summed E-state index contributed by atoms with van der Waals surface area (Å²) in [6, 6.07) is 5.40. The Hall–Kier alpha value is -0.540. The number of halogens is 2. The lowest BCUT2D eigenvalue weighted by Crippen LogP contribution is -2.44. The molecule has 20 heavy (non-hydrogen) atoms. The standard InChI is InChI=1S/C16H19BrClNO/c17-15-9-13(18)5-6-14(15)16(20)19-8-7-11-3-1-2-4-12(11)10-19/h5-6,9,11-12H,1-4,7-8,10H2. The maximum absolute atomic E-state index is 12.7. The molecule has 0 radical (unpaired) electrons. The Bertz CT molecular complexity index is 519. The van der Waals surface area contributed by atoms with Gasteiger partial charge in [-0.25, -0.2) is 0 Å². The number of nitrogens with zero attached hydrogens (tertiary/aromatic N) is 1. The summed E-state index contributed by atoms with van der Waals surface area (Å²) in [5, 5.41) is 0.652. The maximum Gasteiger partial charge on any atom is 0.255 e. The summed E-state index contributed by atoms with van der Waals surface area (Å²) >= 11 is 9.39. The Morgan fingerprint density at radius 1 is 1.20 bits per heavy atom. The van der Waals surface area contributed by atoms with Crippen LogP contribution in [0.15, 0.2) is 22.7 Å². The third-order valence-electron chi connectivity index (χ3n) is 4.74. The first-order valence-corrected chi connectivity index (χ1v) is 8.56. The van der Waals surface area contributed by atoms with E-state index in [-0.39, 0.29) is 5.91 Å². The van der Waals surface area contributed by atoms with Gasteiger partial charge in [-0.2, -0.15) is 0 Å². The zero-order valence-corrected chi connectivity index (χ0v) is 13.8. The molecule has 2 nitrogen and oxygen atoms in total. The molecule has 1 saturated heterocycles. The second kappa shape index (κ2) is 6.07. The number of piperidine rings is 1. The van der Waals surface area contributed by atoms with E-state index in [0.29, 0.717) is 10.9 Å². The predicted molar refractivity (Wildman–Crippen MR) is 85.1 cm³/mol. The van der Waals surface area contributed by atoms with E-state index in [0.717, 1.165) is 29.0 Å². The molecule has 1 aliphatic carbocycles. The van der Waals surface area contributed by atoms with Crippen molar-refractivity contribution in [2.75, 3.05) is 13.1 Å². The zero-order valence-electron chi connectivity index (χ0n) is 11.4. The lowest BCUT2D eigenvalue weighted by Gasteiger charge is -2.41. The maximum atomic E-state index is 12.7. The van der Waals surface area contributed by atoms with Crippen LogP contribution in [0.4, 0.5) is 0 Å². The number of hydrogen-bond donors (Lipinski definition) is 0.